The number of piperazine rings is 1. The summed E-state index contributed by atoms with van der Waals surface area (Å²) in [5.74, 6) is 0. The highest BCUT2D eigenvalue weighted by molar-refractivity contribution is 6.42. The number of aromatic nitrogens is 2. The molecule has 0 atom stereocenters. The van der Waals surface area contributed by atoms with Crippen LogP contribution in [0.4, 0.5) is 16.2 Å². The van der Waals surface area contributed by atoms with E-state index in [1.54, 1.807) is 29.2 Å². The van der Waals surface area contributed by atoms with E-state index in [0.717, 1.165) is 68.2 Å². The number of hydrogen-bond acceptors (Lipinski definition) is 6. The van der Waals surface area contributed by atoms with Gasteiger partial charge in [0.1, 0.15) is 5.69 Å². The second-order valence-corrected chi connectivity index (χ2v) is 10.4. The van der Waals surface area contributed by atoms with Gasteiger partial charge in [0.25, 0.3) is 5.69 Å². The average molecular weight is 558 g/mol. The van der Waals surface area contributed by atoms with Gasteiger partial charge in [0.15, 0.2) is 0 Å². The molecular weight excluding hydrogens is 529 g/mol. The first-order valence-electron chi connectivity index (χ1n) is 12.6. The van der Waals surface area contributed by atoms with Gasteiger partial charge in [-0.25, -0.2) is 4.79 Å². The molecule has 2 amide bonds. The molecule has 1 fully saturated rings. The molecule has 12 heteroatoms. The highest BCUT2D eigenvalue weighted by Crippen LogP contribution is 2.34. The number of nitro benzene ring substituents is 1. The number of halogens is 2. The number of para-hydroxylation sites is 2. The third kappa shape index (κ3) is 5.43. The monoisotopic (exact) mass is 557 g/mol. The number of nitrogens with zero attached hydrogens (tertiary/aromatic N) is 6. The minimum Gasteiger partial charge on any atom is -0.363 e. The zero-order valence-electron chi connectivity index (χ0n) is 20.9. The number of amides is 2. The largest absolute Gasteiger partial charge is 0.363 e. The Morgan fingerprint density at radius 3 is 2.50 bits per heavy atom. The zero-order chi connectivity index (χ0) is 26.8. The highest BCUT2D eigenvalue weighted by Gasteiger charge is 2.28. The smallest absolute Gasteiger partial charge is 0.315 e. The molecule has 0 spiro atoms. The molecule has 38 heavy (non-hydrogen) atoms. The molecule has 2 aliphatic rings. The molecule has 2 N–H and O–H groups in total. The number of primary amides is 1. The Morgan fingerprint density at radius 1 is 1.03 bits per heavy atom. The molecule has 3 aromatic rings. The first kappa shape index (κ1) is 26.3. The maximum atomic E-state index is 11.9. The number of benzene rings is 2. The molecule has 1 aromatic heterocycles. The number of nitrogens with two attached hydrogens (primary N) is 1. The lowest BCUT2D eigenvalue weighted by Gasteiger charge is -2.35. The summed E-state index contributed by atoms with van der Waals surface area (Å²) in [6.45, 7) is 5.77. The summed E-state index contributed by atoms with van der Waals surface area (Å²) in [6, 6.07) is 11.9. The molecule has 0 radical (unpaired) electrons. The van der Waals surface area contributed by atoms with Crippen LogP contribution in [0.2, 0.25) is 10.0 Å². The normalized spacial score (nSPS) is 15.9. The van der Waals surface area contributed by atoms with E-state index in [-0.39, 0.29) is 10.6 Å². The van der Waals surface area contributed by atoms with E-state index in [2.05, 4.69) is 14.5 Å². The second kappa shape index (κ2) is 11.2. The Kier molecular flexibility index (Phi) is 7.73. The molecule has 10 nitrogen and oxygen atoms in total. The standard InChI is InChI=1S/C26H29Cl2N7O3/c27-20-7-6-18(16-21(20)28)25-19-17-33(26(29)36)11-8-22(19)34(30-25)10-3-9-31-12-14-32(15-13-31)23-4-1-2-5-24(23)35(37)38/h1-2,4-7,16H,3,8-15,17H2,(H2,29,36). The average Bonchev–Trinajstić information content (AvgIpc) is 3.28. The van der Waals surface area contributed by atoms with Crippen LogP contribution in [-0.4, -0.2) is 69.8 Å². The van der Waals surface area contributed by atoms with Crippen LogP contribution in [-0.2, 0) is 19.5 Å². The Labute approximate surface area is 230 Å². The predicted molar refractivity (Wildman–Crippen MR) is 148 cm³/mol. The SMILES string of the molecule is NC(=O)N1CCc2c(c(-c3ccc(Cl)c(Cl)c3)nn2CCCN2CCN(c3ccccc3[N+](=O)[O-])CC2)C1. The number of rotatable bonds is 7. The van der Waals surface area contributed by atoms with Crippen molar-refractivity contribution in [2.45, 2.75) is 25.9 Å². The van der Waals surface area contributed by atoms with E-state index in [4.69, 9.17) is 34.0 Å². The summed E-state index contributed by atoms with van der Waals surface area (Å²) in [7, 11) is 0. The Hall–Kier alpha value is -3.34. The maximum absolute atomic E-state index is 11.9. The summed E-state index contributed by atoms with van der Waals surface area (Å²) < 4.78 is 2.05. The quantitative estimate of drug-likeness (QED) is 0.340. The molecule has 2 aliphatic heterocycles. The molecule has 1 saturated heterocycles. The van der Waals surface area contributed by atoms with Gasteiger partial charge in [-0.05, 0) is 24.6 Å². The van der Waals surface area contributed by atoms with Crippen molar-refractivity contribution < 1.29 is 9.72 Å². The molecule has 200 valence electrons. The predicted octanol–water partition coefficient (Wildman–Crippen LogP) is 4.41. The lowest BCUT2D eigenvalue weighted by Crippen LogP contribution is -2.47. The molecule has 0 aliphatic carbocycles. The third-order valence-electron chi connectivity index (χ3n) is 7.27. The highest BCUT2D eigenvalue weighted by atomic mass is 35.5. The number of nitro groups is 1. The van der Waals surface area contributed by atoms with Gasteiger partial charge < -0.3 is 15.5 Å². The van der Waals surface area contributed by atoms with Gasteiger partial charge in [-0.1, -0.05) is 41.4 Å². The van der Waals surface area contributed by atoms with Crippen LogP contribution in [0.5, 0.6) is 0 Å². The number of carbonyl (C=O) groups is 1. The van der Waals surface area contributed by atoms with Crippen molar-refractivity contribution >= 4 is 40.6 Å². The maximum Gasteiger partial charge on any atom is 0.315 e. The van der Waals surface area contributed by atoms with Crippen molar-refractivity contribution in [3.05, 3.63) is 73.9 Å². The van der Waals surface area contributed by atoms with Crippen LogP contribution < -0.4 is 10.6 Å². The number of fused-ring (bicyclic) bond motifs is 1. The fourth-order valence-corrected chi connectivity index (χ4v) is 5.58. The molecule has 3 heterocycles. The lowest BCUT2D eigenvalue weighted by atomic mass is 10.0. The fraction of sp³-hybridized carbons (Fsp3) is 0.385. The van der Waals surface area contributed by atoms with E-state index < -0.39 is 6.03 Å². The third-order valence-corrected chi connectivity index (χ3v) is 8.01. The second-order valence-electron chi connectivity index (χ2n) is 9.56. The van der Waals surface area contributed by atoms with Crippen molar-refractivity contribution in [1.29, 1.82) is 0 Å². The van der Waals surface area contributed by atoms with Crippen molar-refractivity contribution in [2.24, 2.45) is 5.73 Å². The van der Waals surface area contributed by atoms with Crippen molar-refractivity contribution in [3.8, 4) is 11.3 Å². The van der Waals surface area contributed by atoms with Crippen molar-refractivity contribution in [2.75, 3.05) is 44.2 Å². The van der Waals surface area contributed by atoms with Gasteiger partial charge in [0, 0.05) is 75.1 Å². The van der Waals surface area contributed by atoms with Gasteiger partial charge >= 0.3 is 6.03 Å². The van der Waals surface area contributed by atoms with Gasteiger partial charge in [0.2, 0.25) is 0 Å². The fourth-order valence-electron chi connectivity index (χ4n) is 5.28. The van der Waals surface area contributed by atoms with Crippen LogP contribution in [0.1, 0.15) is 17.7 Å². The van der Waals surface area contributed by atoms with Gasteiger partial charge in [0.05, 0.1) is 27.2 Å². The van der Waals surface area contributed by atoms with Gasteiger partial charge in [-0.3, -0.25) is 19.7 Å². The number of aryl methyl sites for hydroxylation is 1. The van der Waals surface area contributed by atoms with Crippen LogP contribution in [0.25, 0.3) is 11.3 Å². The van der Waals surface area contributed by atoms with E-state index in [1.165, 1.54) is 0 Å². The van der Waals surface area contributed by atoms with Crippen LogP contribution >= 0.6 is 23.2 Å². The number of anilines is 1. The zero-order valence-corrected chi connectivity index (χ0v) is 22.4. The summed E-state index contributed by atoms with van der Waals surface area (Å²) in [6.07, 6.45) is 1.58. The van der Waals surface area contributed by atoms with Crippen LogP contribution in [0, 0.1) is 10.1 Å². The van der Waals surface area contributed by atoms with Gasteiger partial charge in [-0.2, -0.15) is 5.10 Å². The Bertz CT molecular complexity index is 1350. The first-order valence-corrected chi connectivity index (χ1v) is 13.4. The molecular formula is C26H29Cl2N7O3. The molecule has 0 unspecified atom stereocenters. The van der Waals surface area contributed by atoms with Crippen molar-refractivity contribution in [3.63, 3.8) is 0 Å². The van der Waals surface area contributed by atoms with Gasteiger partial charge in [-0.15, -0.1) is 0 Å². The van der Waals surface area contributed by atoms with E-state index >= 15 is 0 Å². The molecule has 2 aromatic carbocycles. The lowest BCUT2D eigenvalue weighted by molar-refractivity contribution is -0.384. The number of urea groups is 1. The Morgan fingerprint density at radius 2 is 1.79 bits per heavy atom. The molecule has 0 saturated carbocycles. The first-order chi connectivity index (χ1) is 18.3. The van der Waals surface area contributed by atoms with E-state index in [0.29, 0.717) is 35.2 Å². The summed E-state index contributed by atoms with van der Waals surface area (Å²) in [4.78, 5) is 29.1. The minimum atomic E-state index is -0.441. The number of hydrogen-bond donors (Lipinski definition) is 1. The minimum absolute atomic E-state index is 0.150. The van der Waals surface area contributed by atoms with E-state index in [1.807, 2.05) is 18.2 Å². The molecule has 0 bridgehead atoms. The summed E-state index contributed by atoms with van der Waals surface area (Å²) in [5.41, 5.74) is 10.2. The van der Waals surface area contributed by atoms with Crippen molar-refractivity contribution in [1.82, 2.24) is 19.6 Å². The topological polar surface area (TPSA) is 114 Å². The number of carbonyl (C=O) groups excluding carboxylic acids is 1. The summed E-state index contributed by atoms with van der Waals surface area (Å²) >= 11 is 12.4. The molecule has 5 rings (SSSR count). The van der Waals surface area contributed by atoms with Crippen LogP contribution in [0.15, 0.2) is 42.5 Å². The summed E-state index contributed by atoms with van der Waals surface area (Å²) in [5, 5.41) is 17.3. The van der Waals surface area contributed by atoms with Crippen LogP contribution in [0.3, 0.4) is 0 Å². The Balaban J connectivity index is 1.25. The van der Waals surface area contributed by atoms with E-state index in [9.17, 15) is 14.9 Å².